The zero-order chi connectivity index (χ0) is 16.9. The molecule has 2 aromatic rings. The molecule has 24 heavy (non-hydrogen) atoms. The molecule has 126 valence electrons. The summed E-state index contributed by atoms with van der Waals surface area (Å²) in [5.41, 5.74) is 2.28. The molecule has 1 aromatic heterocycles. The second kappa shape index (κ2) is 7.34. The standard InChI is InChI=1S/C19H23N3O2/c1-14-5-4-8-22(13-14)17-9-15(11-20-12-17)19(23)21-16-6-3-7-18(10-16)24-2/h3,6-7,9-12,14H,4-5,8,13H2,1-2H3,(H,21,23). The fourth-order valence-electron chi connectivity index (χ4n) is 3.05. The number of ether oxygens (including phenoxy) is 1. The number of rotatable bonds is 4. The van der Waals surface area contributed by atoms with Crippen LogP contribution in [0.3, 0.4) is 0 Å². The van der Waals surface area contributed by atoms with E-state index in [1.165, 1.54) is 12.8 Å². The summed E-state index contributed by atoms with van der Waals surface area (Å²) in [4.78, 5) is 19.1. The van der Waals surface area contributed by atoms with E-state index in [2.05, 4.69) is 22.1 Å². The van der Waals surface area contributed by atoms with Crippen LogP contribution in [-0.4, -0.2) is 31.1 Å². The first-order valence-corrected chi connectivity index (χ1v) is 8.31. The van der Waals surface area contributed by atoms with Gasteiger partial charge < -0.3 is 15.0 Å². The van der Waals surface area contributed by atoms with Crippen molar-refractivity contribution in [3.05, 3.63) is 48.3 Å². The Morgan fingerprint density at radius 1 is 1.33 bits per heavy atom. The summed E-state index contributed by atoms with van der Waals surface area (Å²) in [6.07, 6.45) is 5.88. The van der Waals surface area contributed by atoms with Crippen molar-refractivity contribution in [2.24, 2.45) is 5.92 Å². The van der Waals surface area contributed by atoms with E-state index < -0.39 is 0 Å². The lowest BCUT2D eigenvalue weighted by Crippen LogP contribution is -2.34. The number of hydrogen-bond donors (Lipinski definition) is 1. The average molecular weight is 325 g/mol. The highest BCUT2D eigenvalue weighted by Crippen LogP contribution is 2.23. The van der Waals surface area contributed by atoms with Gasteiger partial charge in [-0.25, -0.2) is 0 Å². The van der Waals surface area contributed by atoms with Crippen LogP contribution < -0.4 is 15.0 Å². The number of carbonyl (C=O) groups is 1. The Bertz CT molecular complexity index is 717. The molecule has 2 heterocycles. The van der Waals surface area contributed by atoms with Crippen LogP contribution in [0.25, 0.3) is 0 Å². The zero-order valence-corrected chi connectivity index (χ0v) is 14.2. The van der Waals surface area contributed by atoms with E-state index in [1.807, 2.05) is 30.5 Å². The summed E-state index contributed by atoms with van der Waals surface area (Å²) >= 11 is 0. The van der Waals surface area contributed by atoms with Crippen LogP contribution in [0.2, 0.25) is 0 Å². The van der Waals surface area contributed by atoms with E-state index in [1.54, 1.807) is 19.4 Å². The number of anilines is 2. The van der Waals surface area contributed by atoms with Gasteiger partial charge in [-0.05, 0) is 37.0 Å². The predicted molar refractivity (Wildman–Crippen MR) is 95.8 cm³/mol. The van der Waals surface area contributed by atoms with E-state index in [0.29, 0.717) is 22.9 Å². The van der Waals surface area contributed by atoms with E-state index >= 15 is 0 Å². The van der Waals surface area contributed by atoms with Gasteiger partial charge in [0.1, 0.15) is 5.75 Å². The molecule has 1 aromatic carbocycles. The first-order valence-electron chi connectivity index (χ1n) is 8.31. The molecule has 0 radical (unpaired) electrons. The molecule has 1 amide bonds. The quantitative estimate of drug-likeness (QED) is 0.933. The molecule has 1 aliphatic heterocycles. The third kappa shape index (κ3) is 3.85. The monoisotopic (exact) mass is 325 g/mol. The van der Waals surface area contributed by atoms with Crippen molar-refractivity contribution in [3.8, 4) is 5.75 Å². The second-order valence-corrected chi connectivity index (χ2v) is 6.31. The molecule has 0 aliphatic carbocycles. The van der Waals surface area contributed by atoms with Gasteiger partial charge in [0.2, 0.25) is 0 Å². The maximum atomic E-state index is 12.5. The Labute approximate surface area is 142 Å². The van der Waals surface area contributed by atoms with E-state index in [4.69, 9.17) is 4.74 Å². The molecule has 5 nitrogen and oxygen atoms in total. The normalized spacial score (nSPS) is 17.4. The third-order valence-corrected chi connectivity index (χ3v) is 4.34. The van der Waals surface area contributed by atoms with Gasteiger partial charge in [-0.1, -0.05) is 13.0 Å². The van der Waals surface area contributed by atoms with Gasteiger partial charge in [-0.15, -0.1) is 0 Å². The van der Waals surface area contributed by atoms with Gasteiger partial charge in [0.05, 0.1) is 24.6 Å². The highest BCUT2D eigenvalue weighted by Gasteiger charge is 2.18. The predicted octanol–water partition coefficient (Wildman–Crippen LogP) is 3.58. The molecule has 1 unspecified atom stereocenters. The number of methoxy groups -OCH3 is 1. The Kier molecular flexibility index (Phi) is 4.99. The van der Waals surface area contributed by atoms with Crippen molar-refractivity contribution in [1.29, 1.82) is 0 Å². The summed E-state index contributed by atoms with van der Waals surface area (Å²) in [5, 5.41) is 2.89. The number of nitrogens with zero attached hydrogens (tertiary/aromatic N) is 2. The lowest BCUT2D eigenvalue weighted by molar-refractivity contribution is 0.102. The Balaban J connectivity index is 1.74. The lowest BCUT2D eigenvalue weighted by atomic mass is 10.00. The van der Waals surface area contributed by atoms with Crippen LogP contribution in [-0.2, 0) is 0 Å². The second-order valence-electron chi connectivity index (χ2n) is 6.31. The van der Waals surface area contributed by atoms with E-state index in [-0.39, 0.29) is 5.91 Å². The molecule has 1 saturated heterocycles. The molecule has 0 saturated carbocycles. The maximum absolute atomic E-state index is 12.5. The Morgan fingerprint density at radius 3 is 3.00 bits per heavy atom. The van der Waals surface area contributed by atoms with E-state index in [0.717, 1.165) is 18.8 Å². The number of amides is 1. The van der Waals surface area contributed by atoms with Gasteiger partial charge in [-0.3, -0.25) is 9.78 Å². The molecule has 1 N–H and O–H groups in total. The molecule has 0 spiro atoms. The maximum Gasteiger partial charge on any atom is 0.257 e. The van der Waals surface area contributed by atoms with Crippen molar-refractivity contribution < 1.29 is 9.53 Å². The van der Waals surface area contributed by atoms with Crippen molar-refractivity contribution in [2.45, 2.75) is 19.8 Å². The van der Waals surface area contributed by atoms with Crippen molar-refractivity contribution in [3.63, 3.8) is 0 Å². The summed E-state index contributed by atoms with van der Waals surface area (Å²) in [6, 6.07) is 9.24. The third-order valence-electron chi connectivity index (χ3n) is 4.34. The topological polar surface area (TPSA) is 54.5 Å². The van der Waals surface area contributed by atoms with Gasteiger partial charge in [-0.2, -0.15) is 0 Å². The summed E-state index contributed by atoms with van der Waals surface area (Å²) in [6.45, 7) is 4.30. The fourth-order valence-corrected chi connectivity index (χ4v) is 3.05. The van der Waals surface area contributed by atoms with Gasteiger partial charge >= 0.3 is 0 Å². The molecule has 0 bridgehead atoms. The number of benzene rings is 1. The largest absolute Gasteiger partial charge is 0.497 e. The summed E-state index contributed by atoms with van der Waals surface area (Å²) < 4.78 is 5.18. The number of aromatic nitrogens is 1. The van der Waals surface area contributed by atoms with Crippen LogP contribution in [0.15, 0.2) is 42.7 Å². The molecular weight excluding hydrogens is 302 g/mol. The first kappa shape index (κ1) is 16.3. The number of hydrogen-bond acceptors (Lipinski definition) is 4. The Hall–Kier alpha value is -2.56. The number of piperidine rings is 1. The SMILES string of the molecule is COc1cccc(NC(=O)c2cncc(N3CCCC(C)C3)c2)c1. The Morgan fingerprint density at radius 2 is 2.21 bits per heavy atom. The molecule has 1 atom stereocenters. The van der Waals surface area contributed by atoms with Gasteiger partial charge in [0, 0.05) is 31.0 Å². The number of pyridine rings is 1. The van der Waals surface area contributed by atoms with Gasteiger partial charge in [0.25, 0.3) is 5.91 Å². The van der Waals surface area contributed by atoms with Crippen molar-refractivity contribution in [2.75, 3.05) is 30.4 Å². The molecule has 1 aliphatic rings. The highest BCUT2D eigenvalue weighted by molar-refractivity contribution is 6.04. The number of carbonyl (C=O) groups excluding carboxylic acids is 1. The lowest BCUT2D eigenvalue weighted by Gasteiger charge is -2.32. The average Bonchev–Trinajstić information content (AvgIpc) is 2.62. The summed E-state index contributed by atoms with van der Waals surface area (Å²) in [5.74, 6) is 1.22. The van der Waals surface area contributed by atoms with Crippen LogP contribution >= 0.6 is 0 Å². The van der Waals surface area contributed by atoms with Crippen LogP contribution in [0, 0.1) is 5.92 Å². The van der Waals surface area contributed by atoms with Crippen LogP contribution in [0.1, 0.15) is 30.1 Å². The molecule has 1 fully saturated rings. The zero-order valence-electron chi connectivity index (χ0n) is 14.2. The van der Waals surface area contributed by atoms with E-state index in [9.17, 15) is 4.79 Å². The van der Waals surface area contributed by atoms with Crippen molar-refractivity contribution in [1.82, 2.24) is 4.98 Å². The molecular formula is C19H23N3O2. The fraction of sp³-hybridized carbons (Fsp3) is 0.368. The number of nitrogens with one attached hydrogen (secondary N) is 1. The summed E-state index contributed by atoms with van der Waals surface area (Å²) in [7, 11) is 1.61. The first-order chi connectivity index (χ1) is 11.7. The molecule has 5 heteroatoms. The molecule has 3 rings (SSSR count). The minimum Gasteiger partial charge on any atom is -0.497 e. The minimum atomic E-state index is -0.164. The smallest absolute Gasteiger partial charge is 0.257 e. The minimum absolute atomic E-state index is 0.164. The van der Waals surface area contributed by atoms with Gasteiger partial charge in [0.15, 0.2) is 0 Å². The van der Waals surface area contributed by atoms with Crippen LogP contribution in [0.5, 0.6) is 5.75 Å². The van der Waals surface area contributed by atoms with Crippen molar-refractivity contribution >= 4 is 17.3 Å². The van der Waals surface area contributed by atoms with Crippen LogP contribution in [0.4, 0.5) is 11.4 Å². The highest BCUT2D eigenvalue weighted by atomic mass is 16.5.